The molecule has 2 aromatic carbocycles. The van der Waals surface area contributed by atoms with E-state index in [0.717, 1.165) is 0 Å². The lowest BCUT2D eigenvalue weighted by Gasteiger charge is -2.38. The number of rotatable bonds is 8. The van der Waals surface area contributed by atoms with Crippen LogP contribution >= 0.6 is 11.6 Å². The number of hydrogen-bond acceptors (Lipinski definition) is 6. The monoisotopic (exact) mass is 519 g/mol. The van der Waals surface area contributed by atoms with E-state index in [9.17, 15) is 14.0 Å². The van der Waals surface area contributed by atoms with Crippen LogP contribution in [-0.4, -0.2) is 38.5 Å². The molecule has 6 nitrogen and oxygen atoms in total. The highest BCUT2D eigenvalue weighted by Gasteiger charge is 2.33. The van der Waals surface area contributed by atoms with Gasteiger partial charge in [-0.1, -0.05) is 44.2 Å². The van der Waals surface area contributed by atoms with Crippen molar-refractivity contribution in [2.75, 3.05) is 25.2 Å². The second-order valence-corrected chi connectivity index (χ2v) is 8.98. The van der Waals surface area contributed by atoms with Gasteiger partial charge in [0.25, 0.3) is 0 Å². The van der Waals surface area contributed by atoms with Crippen molar-refractivity contribution in [3.05, 3.63) is 82.0 Å². The van der Waals surface area contributed by atoms with Gasteiger partial charge in [0.1, 0.15) is 18.2 Å². The second kappa shape index (κ2) is 11.6. The number of esters is 1. The summed E-state index contributed by atoms with van der Waals surface area (Å²) in [6.07, 6.45) is 0.613. The fourth-order valence-corrected chi connectivity index (χ4v) is 4.18. The number of carbonyl (C=O) groups excluding carboxylic acids is 2. The highest BCUT2D eigenvalue weighted by Crippen LogP contribution is 2.41. The number of carbonyl (C=O) groups is 2. The van der Waals surface area contributed by atoms with Crippen molar-refractivity contribution in [3.63, 3.8) is 0 Å². The van der Waals surface area contributed by atoms with Crippen molar-refractivity contribution in [1.29, 1.82) is 0 Å². The Kier molecular flexibility index (Phi) is 8.74. The Bertz CT molecular complexity index is 1210. The van der Waals surface area contributed by atoms with Crippen molar-refractivity contribution in [1.82, 2.24) is 0 Å². The average Bonchev–Trinajstić information content (AvgIpc) is 2.83. The molecule has 0 amide bonds. The lowest BCUT2D eigenvalue weighted by Crippen LogP contribution is -2.42. The summed E-state index contributed by atoms with van der Waals surface area (Å²) in [6, 6.07) is 6.92. The SMILES string of the molecule is C=C1C(C(=O)OCC)=CN([C@H](COC(=O)OC)C(C)C)c2cc(F)c(Cc3cccc(Cl)c3F)cc21. The predicted molar refractivity (Wildman–Crippen MR) is 134 cm³/mol. The third-order valence-electron chi connectivity index (χ3n) is 5.93. The summed E-state index contributed by atoms with van der Waals surface area (Å²) in [6.45, 7) is 9.61. The summed E-state index contributed by atoms with van der Waals surface area (Å²) in [4.78, 5) is 26.1. The first kappa shape index (κ1) is 27.2. The van der Waals surface area contributed by atoms with E-state index in [1.54, 1.807) is 24.0 Å². The van der Waals surface area contributed by atoms with E-state index in [4.69, 9.17) is 21.1 Å². The largest absolute Gasteiger partial charge is 0.508 e. The van der Waals surface area contributed by atoms with Gasteiger partial charge in [-0.3, -0.25) is 0 Å². The van der Waals surface area contributed by atoms with Gasteiger partial charge < -0.3 is 19.1 Å². The van der Waals surface area contributed by atoms with Crippen LogP contribution in [0.25, 0.3) is 5.57 Å². The van der Waals surface area contributed by atoms with Crippen molar-refractivity contribution in [3.8, 4) is 0 Å². The number of ether oxygens (including phenoxy) is 3. The Morgan fingerprint density at radius 3 is 2.50 bits per heavy atom. The number of methoxy groups -OCH3 is 1. The fraction of sp³-hybridized carbons (Fsp3) is 0.333. The topological polar surface area (TPSA) is 65.1 Å². The lowest BCUT2D eigenvalue weighted by molar-refractivity contribution is -0.138. The first-order valence-electron chi connectivity index (χ1n) is 11.4. The third kappa shape index (κ3) is 5.70. The average molecular weight is 520 g/mol. The summed E-state index contributed by atoms with van der Waals surface area (Å²) in [7, 11) is 1.20. The molecular weight excluding hydrogens is 492 g/mol. The van der Waals surface area contributed by atoms with Crippen LogP contribution in [0, 0.1) is 17.6 Å². The molecule has 2 aromatic rings. The lowest BCUT2D eigenvalue weighted by atomic mass is 9.89. The van der Waals surface area contributed by atoms with Gasteiger partial charge in [-0.15, -0.1) is 0 Å². The van der Waals surface area contributed by atoms with Gasteiger partial charge in [-0.05, 0) is 47.7 Å². The quantitative estimate of drug-likeness (QED) is 0.381. The highest BCUT2D eigenvalue weighted by atomic mass is 35.5. The maximum Gasteiger partial charge on any atom is 0.508 e. The molecule has 3 rings (SSSR count). The zero-order valence-corrected chi connectivity index (χ0v) is 21.3. The van der Waals surface area contributed by atoms with Gasteiger partial charge in [-0.25, -0.2) is 18.4 Å². The van der Waals surface area contributed by atoms with Crippen LogP contribution in [0.2, 0.25) is 5.02 Å². The molecule has 0 bridgehead atoms. The van der Waals surface area contributed by atoms with Crippen LogP contribution in [0.4, 0.5) is 19.3 Å². The molecule has 1 atom stereocenters. The second-order valence-electron chi connectivity index (χ2n) is 8.58. The van der Waals surface area contributed by atoms with Crippen LogP contribution < -0.4 is 4.90 Å². The molecule has 9 heteroatoms. The Hall–Kier alpha value is -3.39. The number of nitrogens with zero attached hydrogens (tertiary/aromatic N) is 1. The Morgan fingerprint density at radius 2 is 1.86 bits per heavy atom. The maximum atomic E-state index is 15.4. The van der Waals surface area contributed by atoms with Gasteiger partial charge in [0.05, 0.1) is 36.0 Å². The van der Waals surface area contributed by atoms with Crippen molar-refractivity contribution >= 4 is 35.0 Å². The van der Waals surface area contributed by atoms with E-state index in [-0.39, 0.29) is 47.3 Å². The van der Waals surface area contributed by atoms with E-state index in [1.807, 2.05) is 13.8 Å². The first-order chi connectivity index (χ1) is 17.1. The molecule has 0 saturated carbocycles. The molecule has 0 spiro atoms. The summed E-state index contributed by atoms with van der Waals surface area (Å²) in [5.41, 5.74) is 1.85. The van der Waals surface area contributed by atoms with E-state index in [0.29, 0.717) is 16.8 Å². The molecule has 0 radical (unpaired) electrons. The summed E-state index contributed by atoms with van der Waals surface area (Å²) < 4.78 is 44.9. The molecule has 192 valence electrons. The molecule has 1 aliphatic heterocycles. The maximum absolute atomic E-state index is 15.4. The Labute approximate surface area is 214 Å². The van der Waals surface area contributed by atoms with Crippen molar-refractivity contribution < 1.29 is 32.6 Å². The smallest absolute Gasteiger partial charge is 0.462 e. The molecule has 0 fully saturated rings. The zero-order chi connectivity index (χ0) is 26.6. The molecule has 36 heavy (non-hydrogen) atoms. The molecule has 1 heterocycles. The number of anilines is 1. The number of benzene rings is 2. The van der Waals surface area contributed by atoms with Crippen LogP contribution in [0.1, 0.15) is 37.5 Å². The highest BCUT2D eigenvalue weighted by molar-refractivity contribution is 6.30. The molecule has 0 N–H and O–H groups in total. The molecule has 0 unspecified atom stereocenters. The minimum Gasteiger partial charge on any atom is -0.462 e. The first-order valence-corrected chi connectivity index (χ1v) is 11.8. The molecular formula is C27H28ClF2NO5. The molecule has 1 aliphatic rings. The van der Waals surface area contributed by atoms with Crippen molar-refractivity contribution in [2.45, 2.75) is 33.2 Å². The number of hydrogen-bond donors (Lipinski definition) is 0. The number of fused-ring (bicyclic) bond motifs is 1. The predicted octanol–water partition coefficient (Wildman–Crippen LogP) is 6.30. The van der Waals surface area contributed by atoms with Gasteiger partial charge in [-0.2, -0.15) is 0 Å². The third-order valence-corrected chi connectivity index (χ3v) is 6.23. The minimum atomic E-state index is -0.859. The van der Waals surface area contributed by atoms with Crippen molar-refractivity contribution in [2.24, 2.45) is 5.92 Å². The fourth-order valence-electron chi connectivity index (χ4n) is 3.99. The van der Waals surface area contributed by atoms with Crippen LogP contribution in [0.15, 0.2) is 48.7 Å². The normalized spacial score (nSPS) is 13.7. The van der Waals surface area contributed by atoms with Gasteiger partial charge >= 0.3 is 12.1 Å². The molecule has 0 aromatic heterocycles. The Balaban J connectivity index is 2.11. The van der Waals surface area contributed by atoms with Gasteiger partial charge in [0.15, 0.2) is 0 Å². The summed E-state index contributed by atoms with van der Waals surface area (Å²) >= 11 is 5.89. The molecule has 0 saturated heterocycles. The minimum absolute atomic E-state index is 0.0561. The van der Waals surface area contributed by atoms with Crippen LogP contribution in [0.3, 0.4) is 0 Å². The van der Waals surface area contributed by atoms with Crippen LogP contribution in [0.5, 0.6) is 0 Å². The standard InChI is InChI=1S/C27H28ClF2NO5/c1-6-35-26(32)20-13-31(24(15(2)3)14-36-27(33)34-5)23-12-22(29)18(11-19(23)16(20)4)10-17-8-7-9-21(28)25(17)30/h7-9,11-13,15,24H,4,6,10,14H2,1-3,5H3/t24-/m1/s1. The molecule has 0 aliphatic carbocycles. The summed E-state index contributed by atoms with van der Waals surface area (Å²) in [5, 5.41) is -0.0561. The zero-order valence-electron chi connectivity index (χ0n) is 20.6. The van der Waals surface area contributed by atoms with E-state index in [2.05, 4.69) is 11.3 Å². The van der Waals surface area contributed by atoms with Gasteiger partial charge in [0, 0.05) is 18.2 Å². The number of halogens is 3. The van der Waals surface area contributed by atoms with E-state index < -0.39 is 29.8 Å². The Morgan fingerprint density at radius 1 is 1.14 bits per heavy atom. The summed E-state index contributed by atoms with van der Waals surface area (Å²) in [5.74, 6) is -1.88. The van der Waals surface area contributed by atoms with E-state index >= 15 is 4.39 Å². The van der Waals surface area contributed by atoms with Crippen LogP contribution in [-0.2, 0) is 25.4 Å². The van der Waals surface area contributed by atoms with Gasteiger partial charge in [0.2, 0.25) is 0 Å². The van der Waals surface area contributed by atoms with E-state index in [1.165, 1.54) is 31.5 Å².